The molecular weight excluding hydrogens is 198 g/mol. The van der Waals surface area contributed by atoms with Crippen LogP contribution in [-0.4, -0.2) is 33.8 Å². The highest BCUT2D eigenvalue weighted by atomic mass is 16.3. The van der Waals surface area contributed by atoms with Crippen molar-refractivity contribution in [3.05, 3.63) is 29.6 Å². The largest absolute Gasteiger partial charge is 0.389 e. The molecule has 0 saturated heterocycles. The van der Waals surface area contributed by atoms with Crippen molar-refractivity contribution in [3.8, 4) is 0 Å². The van der Waals surface area contributed by atoms with E-state index in [9.17, 15) is 15.0 Å². The number of aliphatic hydroxyl groups excluding tert-OH is 2. The van der Waals surface area contributed by atoms with Gasteiger partial charge in [-0.15, -0.1) is 0 Å². The summed E-state index contributed by atoms with van der Waals surface area (Å²) in [7, 11) is 0. The fourth-order valence-corrected chi connectivity index (χ4v) is 1.11. The van der Waals surface area contributed by atoms with Crippen molar-refractivity contribution in [3.63, 3.8) is 0 Å². The number of hydrogen-bond donors (Lipinski definition) is 4. The summed E-state index contributed by atoms with van der Waals surface area (Å²) in [5.41, 5.74) is 10.7. The predicted octanol–water partition coefficient (Wildman–Crippen LogP) is -1.47. The van der Waals surface area contributed by atoms with Crippen molar-refractivity contribution in [2.75, 3.05) is 6.54 Å². The number of rotatable bonds is 4. The van der Waals surface area contributed by atoms with Crippen molar-refractivity contribution in [1.82, 2.24) is 4.98 Å². The van der Waals surface area contributed by atoms with E-state index in [1.165, 1.54) is 18.5 Å². The first-order valence-corrected chi connectivity index (χ1v) is 4.37. The highest BCUT2D eigenvalue weighted by molar-refractivity contribution is 5.92. The van der Waals surface area contributed by atoms with Gasteiger partial charge in [0.1, 0.15) is 6.10 Å². The molecule has 6 heteroatoms. The van der Waals surface area contributed by atoms with Crippen LogP contribution in [0.1, 0.15) is 22.0 Å². The van der Waals surface area contributed by atoms with Gasteiger partial charge in [-0.05, 0) is 6.07 Å². The van der Waals surface area contributed by atoms with E-state index in [0.717, 1.165) is 0 Å². The Bertz CT molecular complexity index is 356. The van der Waals surface area contributed by atoms with Crippen LogP contribution in [-0.2, 0) is 0 Å². The monoisotopic (exact) mass is 211 g/mol. The van der Waals surface area contributed by atoms with E-state index in [1.54, 1.807) is 0 Å². The van der Waals surface area contributed by atoms with Crippen LogP contribution in [0.4, 0.5) is 0 Å². The summed E-state index contributed by atoms with van der Waals surface area (Å²) in [6, 6.07) is 1.37. The fraction of sp³-hybridized carbons (Fsp3) is 0.333. The zero-order chi connectivity index (χ0) is 11.4. The number of nitrogens with two attached hydrogens (primary N) is 2. The van der Waals surface area contributed by atoms with E-state index < -0.39 is 18.1 Å². The Balaban J connectivity index is 2.94. The summed E-state index contributed by atoms with van der Waals surface area (Å²) in [5.74, 6) is -0.640. The van der Waals surface area contributed by atoms with E-state index in [-0.39, 0.29) is 12.1 Å². The molecule has 0 fully saturated rings. The average Bonchev–Trinajstić information content (AvgIpc) is 2.27. The number of pyridine rings is 1. The lowest BCUT2D eigenvalue weighted by Crippen LogP contribution is -2.27. The second-order valence-corrected chi connectivity index (χ2v) is 3.12. The molecule has 6 nitrogen and oxygen atoms in total. The number of aromatic nitrogens is 1. The maximum Gasteiger partial charge on any atom is 0.250 e. The summed E-state index contributed by atoms with van der Waals surface area (Å²) in [6.45, 7) is -0.0814. The summed E-state index contributed by atoms with van der Waals surface area (Å²) in [6.07, 6.45) is 0.375. The van der Waals surface area contributed by atoms with Crippen LogP contribution in [0.3, 0.4) is 0 Å². The molecule has 0 radical (unpaired) electrons. The SMILES string of the molecule is NCC(O)C(O)c1cncc(C(N)=O)c1. The van der Waals surface area contributed by atoms with Crippen LogP contribution in [0.5, 0.6) is 0 Å². The predicted molar refractivity (Wildman–Crippen MR) is 52.8 cm³/mol. The summed E-state index contributed by atoms with van der Waals surface area (Å²) >= 11 is 0. The van der Waals surface area contributed by atoms with Crippen LogP contribution in [0, 0.1) is 0 Å². The lowest BCUT2D eigenvalue weighted by atomic mass is 10.0. The topological polar surface area (TPSA) is 122 Å². The third kappa shape index (κ3) is 2.72. The maximum atomic E-state index is 10.8. The Morgan fingerprint density at radius 3 is 2.67 bits per heavy atom. The normalized spacial score (nSPS) is 14.6. The van der Waals surface area contributed by atoms with Gasteiger partial charge in [0.2, 0.25) is 5.91 Å². The zero-order valence-corrected chi connectivity index (χ0v) is 8.00. The molecule has 2 atom stereocenters. The van der Waals surface area contributed by atoms with Crippen LogP contribution >= 0.6 is 0 Å². The van der Waals surface area contributed by atoms with Crippen molar-refractivity contribution >= 4 is 5.91 Å². The maximum absolute atomic E-state index is 10.8. The molecule has 0 aliphatic heterocycles. The Hall–Kier alpha value is -1.50. The molecule has 0 saturated carbocycles. The Kier molecular flexibility index (Phi) is 3.73. The van der Waals surface area contributed by atoms with Gasteiger partial charge < -0.3 is 21.7 Å². The second kappa shape index (κ2) is 4.83. The average molecular weight is 211 g/mol. The zero-order valence-electron chi connectivity index (χ0n) is 8.00. The molecule has 0 aromatic carbocycles. The quantitative estimate of drug-likeness (QED) is 0.484. The summed E-state index contributed by atoms with van der Waals surface area (Å²) in [5, 5.41) is 18.9. The molecule has 1 aromatic heterocycles. The second-order valence-electron chi connectivity index (χ2n) is 3.12. The molecule has 0 spiro atoms. The fourth-order valence-electron chi connectivity index (χ4n) is 1.11. The van der Waals surface area contributed by atoms with Crippen molar-refractivity contribution < 1.29 is 15.0 Å². The van der Waals surface area contributed by atoms with E-state index in [0.29, 0.717) is 5.56 Å². The smallest absolute Gasteiger partial charge is 0.250 e. The minimum absolute atomic E-state index is 0.0814. The molecular formula is C9H13N3O3. The number of carbonyl (C=O) groups is 1. The molecule has 1 amide bonds. The van der Waals surface area contributed by atoms with Crippen molar-refractivity contribution in [2.24, 2.45) is 11.5 Å². The molecule has 1 heterocycles. The van der Waals surface area contributed by atoms with E-state index in [2.05, 4.69) is 4.98 Å². The first-order valence-electron chi connectivity index (χ1n) is 4.37. The van der Waals surface area contributed by atoms with Crippen LogP contribution in [0.15, 0.2) is 18.5 Å². The molecule has 0 aliphatic rings. The van der Waals surface area contributed by atoms with Gasteiger partial charge in [-0.2, -0.15) is 0 Å². The van der Waals surface area contributed by atoms with Gasteiger partial charge in [0.25, 0.3) is 0 Å². The molecule has 6 N–H and O–H groups in total. The summed E-state index contributed by atoms with van der Waals surface area (Å²) in [4.78, 5) is 14.6. The number of aliphatic hydroxyl groups is 2. The standard InChI is InChI=1S/C9H13N3O3/c10-2-7(13)8(14)5-1-6(9(11)15)4-12-3-5/h1,3-4,7-8,13-14H,2,10H2,(H2,11,15). The van der Waals surface area contributed by atoms with Gasteiger partial charge in [0.05, 0.1) is 11.7 Å². The molecule has 2 unspecified atom stereocenters. The Morgan fingerprint density at radius 1 is 1.47 bits per heavy atom. The third-order valence-electron chi connectivity index (χ3n) is 1.99. The van der Waals surface area contributed by atoms with Gasteiger partial charge >= 0.3 is 0 Å². The van der Waals surface area contributed by atoms with E-state index in [1.807, 2.05) is 0 Å². The van der Waals surface area contributed by atoms with E-state index in [4.69, 9.17) is 11.5 Å². The lowest BCUT2D eigenvalue weighted by molar-refractivity contribution is 0.0241. The van der Waals surface area contributed by atoms with Crippen molar-refractivity contribution in [2.45, 2.75) is 12.2 Å². The molecule has 0 aliphatic carbocycles. The first-order chi connectivity index (χ1) is 7.06. The molecule has 82 valence electrons. The minimum atomic E-state index is -1.17. The number of hydrogen-bond acceptors (Lipinski definition) is 5. The van der Waals surface area contributed by atoms with Crippen LogP contribution < -0.4 is 11.5 Å². The number of carbonyl (C=O) groups excluding carboxylic acids is 1. The first kappa shape index (κ1) is 11.6. The van der Waals surface area contributed by atoms with Gasteiger partial charge in [0.15, 0.2) is 0 Å². The van der Waals surface area contributed by atoms with Gasteiger partial charge in [-0.3, -0.25) is 9.78 Å². The molecule has 1 rings (SSSR count). The summed E-state index contributed by atoms with van der Waals surface area (Å²) < 4.78 is 0. The number of primary amides is 1. The number of nitrogens with zero attached hydrogens (tertiary/aromatic N) is 1. The van der Waals surface area contributed by atoms with E-state index >= 15 is 0 Å². The van der Waals surface area contributed by atoms with Gasteiger partial charge in [-0.1, -0.05) is 0 Å². The Labute approximate surface area is 86.5 Å². The minimum Gasteiger partial charge on any atom is -0.389 e. The van der Waals surface area contributed by atoms with Crippen LogP contribution in [0.25, 0.3) is 0 Å². The lowest BCUT2D eigenvalue weighted by Gasteiger charge is -2.16. The molecule has 1 aromatic rings. The van der Waals surface area contributed by atoms with Gasteiger partial charge in [0, 0.05) is 24.5 Å². The Morgan fingerprint density at radius 2 is 2.13 bits per heavy atom. The number of amides is 1. The third-order valence-corrected chi connectivity index (χ3v) is 1.99. The van der Waals surface area contributed by atoms with Crippen molar-refractivity contribution in [1.29, 1.82) is 0 Å². The van der Waals surface area contributed by atoms with Gasteiger partial charge in [-0.25, -0.2) is 0 Å². The molecule has 0 bridgehead atoms. The highest BCUT2D eigenvalue weighted by Crippen LogP contribution is 2.16. The van der Waals surface area contributed by atoms with Crippen LogP contribution in [0.2, 0.25) is 0 Å². The molecule has 15 heavy (non-hydrogen) atoms. The highest BCUT2D eigenvalue weighted by Gasteiger charge is 2.17.